The van der Waals surface area contributed by atoms with Gasteiger partial charge in [-0.05, 0) is 85.5 Å². The van der Waals surface area contributed by atoms with Crippen molar-refractivity contribution >= 4 is 54.4 Å². The molecule has 2 aliphatic rings. The number of H-pyrrole nitrogens is 2. The monoisotopic (exact) mass is 698 g/mol. The fourth-order valence-electron chi connectivity index (χ4n) is 5.82. The highest BCUT2D eigenvalue weighted by molar-refractivity contribution is 6.83. The van der Waals surface area contributed by atoms with Crippen LogP contribution in [0, 0.1) is 11.5 Å². The lowest BCUT2D eigenvalue weighted by molar-refractivity contribution is 0.310. The molecule has 51 heavy (non-hydrogen) atoms. The van der Waals surface area contributed by atoms with E-state index in [1.165, 1.54) is 0 Å². The zero-order valence-corrected chi connectivity index (χ0v) is 31.9. The van der Waals surface area contributed by atoms with Crippen LogP contribution in [-0.2, 0) is 0 Å². The number of hydrogen-bond donors (Lipinski definition) is 2. The third kappa shape index (κ3) is 8.66. The zero-order chi connectivity index (χ0) is 35.8. The second-order valence-electron chi connectivity index (χ2n) is 14.0. The number of aromatic nitrogens is 4. The fraction of sp³-hybridized carbons (Fsp3) is 0.349. The fourth-order valence-corrected chi connectivity index (χ4v) is 6.34. The Kier molecular flexibility index (Phi) is 11.5. The topological polar surface area (TPSA) is 85.1 Å². The van der Waals surface area contributed by atoms with Gasteiger partial charge >= 0.3 is 0 Å². The van der Waals surface area contributed by atoms with Crippen LogP contribution in [0.2, 0.25) is 19.6 Å². The van der Waals surface area contributed by atoms with Gasteiger partial charge in [0.1, 0.15) is 19.5 Å². The number of fused-ring (bicyclic) bond motifs is 8. The first kappa shape index (κ1) is 35.8. The Morgan fingerprint density at radius 3 is 1.39 bits per heavy atom. The van der Waals surface area contributed by atoms with Crippen LogP contribution in [0.15, 0.2) is 48.5 Å². The number of nitrogens with one attached hydrogen (secondary N) is 2. The van der Waals surface area contributed by atoms with Crippen molar-refractivity contribution in [3.05, 3.63) is 76.9 Å². The van der Waals surface area contributed by atoms with Crippen LogP contribution >= 0.6 is 0 Å². The van der Waals surface area contributed by atoms with Crippen molar-refractivity contribution in [1.29, 1.82) is 0 Å². The molecule has 0 fully saturated rings. The Morgan fingerprint density at radius 1 is 0.549 bits per heavy atom. The molecule has 6 rings (SSSR count). The van der Waals surface area contributed by atoms with Gasteiger partial charge in [0.25, 0.3) is 0 Å². The van der Waals surface area contributed by atoms with Gasteiger partial charge in [-0.3, -0.25) is 0 Å². The number of unbranched alkanes of at least 4 members (excludes halogenated alkanes) is 3. The average Bonchev–Trinajstić information content (AvgIpc) is 3.95. The SMILES string of the molecule is CCCCOc1c2nc(c(-c3ccc(C#C[Si](C)(C)C)cc3)c3nc(c(OCCCC)c4ccc([nH]4)c(OCCCC)c4ccc1[nH]4)C=C3)C=C2. The highest BCUT2D eigenvalue weighted by Crippen LogP contribution is 2.37. The first-order chi connectivity index (χ1) is 24.8. The Morgan fingerprint density at radius 2 is 0.961 bits per heavy atom. The third-order valence-electron chi connectivity index (χ3n) is 8.60. The summed E-state index contributed by atoms with van der Waals surface area (Å²) in [5.41, 5.74) is 13.0. The first-order valence-electron chi connectivity index (χ1n) is 18.5. The van der Waals surface area contributed by atoms with E-state index in [4.69, 9.17) is 24.2 Å². The van der Waals surface area contributed by atoms with Crippen molar-refractivity contribution < 1.29 is 14.2 Å². The van der Waals surface area contributed by atoms with Crippen LogP contribution in [0.4, 0.5) is 0 Å². The molecule has 0 spiro atoms. The van der Waals surface area contributed by atoms with E-state index in [2.05, 4.69) is 123 Å². The van der Waals surface area contributed by atoms with E-state index >= 15 is 0 Å². The summed E-state index contributed by atoms with van der Waals surface area (Å²) in [5, 5.41) is 0. The molecule has 1 aromatic carbocycles. The van der Waals surface area contributed by atoms with Crippen LogP contribution in [0.5, 0.6) is 17.2 Å². The number of ether oxygens (including phenoxy) is 3. The van der Waals surface area contributed by atoms with Crippen LogP contribution in [0.3, 0.4) is 0 Å². The van der Waals surface area contributed by atoms with Crippen molar-refractivity contribution in [3.8, 4) is 39.8 Å². The van der Waals surface area contributed by atoms with Gasteiger partial charge in [-0.15, -0.1) is 5.54 Å². The molecule has 0 atom stereocenters. The van der Waals surface area contributed by atoms with Gasteiger partial charge in [0, 0.05) is 11.1 Å². The molecule has 2 N–H and O–H groups in total. The molecule has 5 heterocycles. The average molecular weight is 699 g/mol. The van der Waals surface area contributed by atoms with Crippen molar-refractivity contribution in [2.24, 2.45) is 0 Å². The van der Waals surface area contributed by atoms with Gasteiger partial charge in [-0.2, -0.15) is 0 Å². The van der Waals surface area contributed by atoms with Crippen LogP contribution < -0.4 is 14.2 Å². The zero-order valence-electron chi connectivity index (χ0n) is 30.9. The maximum atomic E-state index is 6.49. The van der Waals surface area contributed by atoms with Crippen LogP contribution in [-0.4, -0.2) is 47.8 Å². The highest BCUT2D eigenvalue weighted by Gasteiger charge is 2.19. The summed E-state index contributed by atoms with van der Waals surface area (Å²) >= 11 is 0. The molecule has 0 unspecified atom stereocenters. The Hall–Kier alpha value is -5.00. The molecule has 0 saturated carbocycles. The van der Waals surface area contributed by atoms with E-state index in [0.717, 1.165) is 106 Å². The number of aromatic amines is 2. The van der Waals surface area contributed by atoms with Gasteiger partial charge in [0.2, 0.25) is 0 Å². The Bertz CT molecular complexity index is 2030. The molecule has 264 valence electrons. The molecule has 0 amide bonds. The molecule has 2 aliphatic heterocycles. The second kappa shape index (κ2) is 16.3. The molecule has 8 bridgehead atoms. The van der Waals surface area contributed by atoms with E-state index in [9.17, 15) is 0 Å². The molecule has 3 aromatic heterocycles. The number of rotatable bonds is 13. The standard InChI is InChI=1S/C43H50N4O3Si/c1-7-10-26-48-41-34-19-17-32(44-34)40(31-15-13-30(14-16-31)25-29-51(4,5)6)33-18-20-35(45-33)42(49-27-11-8-2)37-22-24-39(47-37)43(50-28-12-9-3)38-23-21-36(41)46-38/h13-24,46-47H,7-12,26-28H2,1-6H3. The van der Waals surface area contributed by atoms with E-state index in [-0.39, 0.29) is 0 Å². The Labute approximate surface area is 303 Å². The number of hydrogen-bond acceptors (Lipinski definition) is 5. The molecule has 0 saturated heterocycles. The lowest BCUT2D eigenvalue weighted by atomic mass is 10.0. The minimum Gasteiger partial charge on any atom is -0.489 e. The predicted octanol–water partition coefficient (Wildman–Crippen LogP) is 11.1. The van der Waals surface area contributed by atoms with Crippen LogP contribution in [0.25, 0.3) is 57.5 Å². The summed E-state index contributed by atoms with van der Waals surface area (Å²) in [7, 11) is -1.51. The molecule has 0 radical (unpaired) electrons. The maximum Gasteiger partial charge on any atom is 0.168 e. The summed E-state index contributed by atoms with van der Waals surface area (Å²) < 4.78 is 19.5. The lowest BCUT2D eigenvalue weighted by Crippen LogP contribution is -2.16. The summed E-state index contributed by atoms with van der Waals surface area (Å²) in [6.07, 6.45) is 14.1. The quantitative estimate of drug-likeness (QED) is 0.0712. The van der Waals surface area contributed by atoms with E-state index in [1.54, 1.807) is 0 Å². The normalized spacial score (nSPS) is 12.1. The summed E-state index contributed by atoms with van der Waals surface area (Å²) in [6.45, 7) is 15.1. The first-order valence-corrected chi connectivity index (χ1v) is 22.0. The molecule has 8 heteroatoms. The van der Waals surface area contributed by atoms with Gasteiger partial charge in [0.15, 0.2) is 17.2 Å². The smallest absolute Gasteiger partial charge is 0.168 e. The molecular weight excluding hydrogens is 649 g/mol. The minimum absolute atomic E-state index is 0.590. The molecular formula is C43H50N4O3Si. The summed E-state index contributed by atoms with van der Waals surface area (Å²) in [6, 6.07) is 16.7. The second-order valence-corrected chi connectivity index (χ2v) is 18.8. The van der Waals surface area contributed by atoms with Gasteiger partial charge < -0.3 is 24.2 Å². The molecule has 4 aromatic rings. The Balaban J connectivity index is 1.65. The van der Waals surface area contributed by atoms with Crippen molar-refractivity contribution in [2.75, 3.05) is 19.8 Å². The van der Waals surface area contributed by atoms with Crippen molar-refractivity contribution in [2.45, 2.75) is 78.9 Å². The van der Waals surface area contributed by atoms with Gasteiger partial charge in [0.05, 0.1) is 53.3 Å². The highest BCUT2D eigenvalue weighted by atomic mass is 28.3. The lowest BCUT2D eigenvalue weighted by Gasteiger charge is -2.08. The molecule has 7 nitrogen and oxygen atoms in total. The summed E-state index contributed by atoms with van der Waals surface area (Å²) in [5.74, 6) is 5.55. The van der Waals surface area contributed by atoms with Crippen molar-refractivity contribution in [3.63, 3.8) is 0 Å². The third-order valence-corrected chi connectivity index (χ3v) is 9.47. The summed E-state index contributed by atoms with van der Waals surface area (Å²) in [4.78, 5) is 17.7. The minimum atomic E-state index is -1.51. The van der Waals surface area contributed by atoms with Gasteiger partial charge in [-0.1, -0.05) is 77.7 Å². The van der Waals surface area contributed by atoms with Gasteiger partial charge in [-0.25, -0.2) is 9.97 Å². The predicted molar refractivity (Wildman–Crippen MR) is 216 cm³/mol. The maximum absolute atomic E-state index is 6.49. The molecule has 0 aliphatic carbocycles. The van der Waals surface area contributed by atoms with E-state index in [1.807, 2.05) is 12.2 Å². The van der Waals surface area contributed by atoms with Crippen LogP contribution in [0.1, 0.15) is 87.6 Å². The number of benzene rings is 1. The van der Waals surface area contributed by atoms with E-state index in [0.29, 0.717) is 31.3 Å². The number of nitrogens with zero attached hydrogens (tertiary/aromatic N) is 2. The van der Waals surface area contributed by atoms with E-state index < -0.39 is 8.07 Å². The largest absolute Gasteiger partial charge is 0.489 e. The van der Waals surface area contributed by atoms with Crippen molar-refractivity contribution in [1.82, 2.24) is 19.9 Å².